The Morgan fingerprint density at radius 1 is 0.561 bits per heavy atom. The van der Waals surface area contributed by atoms with Crippen molar-refractivity contribution in [3.05, 3.63) is 75.8 Å². The van der Waals surface area contributed by atoms with E-state index in [4.69, 9.17) is 40.1 Å². The number of benzene rings is 2. The van der Waals surface area contributed by atoms with Crippen molar-refractivity contribution in [1.82, 2.24) is 52.3 Å². The number of nitrogens with zero attached hydrogens (tertiary/aromatic N) is 4. The van der Waals surface area contributed by atoms with Crippen LogP contribution in [0.3, 0.4) is 0 Å². The van der Waals surface area contributed by atoms with Crippen LogP contribution in [0.25, 0.3) is 0 Å². The van der Waals surface area contributed by atoms with Gasteiger partial charge in [-0.3, -0.25) is 77.4 Å². The highest BCUT2D eigenvalue weighted by molar-refractivity contribution is 5.99. The zero-order chi connectivity index (χ0) is 72.6. The molecule has 34 heteroatoms. The van der Waals surface area contributed by atoms with Gasteiger partial charge in [0.25, 0.3) is 5.69 Å². The Labute approximate surface area is 568 Å². The summed E-state index contributed by atoms with van der Waals surface area (Å²) in [5.41, 5.74) is 39.9. The van der Waals surface area contributed by atoms with E-state index >= 15 is 0 Å². The number of guanidine groups is 1. The summed E-state index contributed by atoms with van der Waals surface area (Å²) in [6.07, 6.45) is 1.85. The fourth-order valence-electron chi connectivity index (χ4n) is 11.3. The Morgan fingerprint density at radius 3 is 1.57 bits per heavy atom. The summed E-state index contributed by atoms with van der Waals surface area (Å²) in [4.78, 5) is 196. The number of aliphatic imine (C=N–C) groups is 1. The number of nitrogens with two attached hydrogens (primary N) is 7. The lowest BCUT2D eigenvalue weighted by Gasteiger charge is -2.32. The molecule has 98 heavy (non-hydrogen) atoms. The van der Waals surface area contributed by atoms with Crippen molar-refractivity contribution >= 4 is 88.4 Å². The molecule has 2 aromatic rings. The number of hydrogen-bond donors (Lipinski definition) is 15. The van der Waals surface area contributed by atoms with E-state index < -0.39 is 181 Å². The standard InChI is InChI=1S/C64H99N19O15/c1-4-5-17-42(54(69)87)75-58(91)46(33-37(2)3)74-53(86)36-73-55(88)47(34-38-14-7-6-8-15-38)79-59(92)48(35-39-21-23-40(24-22-39)83(97)98)80-57(90)43(25-27-51(67)84)76-56(89)44(26-28-52(68)85)77-60(93)50-20-13-32-82(50)63(96)45(18-9-10-29-65)78-61(94)49-19-12-31-81(49)62(95)41(66)16-11-30-72-64(70)71/h6-8,14-15,21-24,37,41-50H,4-5,9-13,16-20,25-36,65-66H2,1-3H3,(H2,67,84)(H2,68,85)(H2,69,87)(H,73,88)(H,74,86)(H,75,91)(H,76,89)(H,77,93)(H,78,94)(H,79,92)(H,80,90)(H4,70,71,72)/t41-,42-,43-,44-,45-,46-,47-,48-,49-,50-/m0/s1. The van der Waals surface area contributed by atoms with Crippen LogP contribution in [0.2, 0.25) is 0 Å². The smallest absolute Gasteiger partial charge is 0.269 e. The third-order valence-electron chi connectivity index (χ3n) is 16.6. The number of nitrogens with one attached hydrogen (secondary N) is 8. The number of carbonyl (C=O) groups is 13. The normalized spacial score (nSPS) is 16.6. The summed E-state index contributed by atoms with van der Waals surface area (Å²) < 4.78 is 0. The van der Waals surface area contributed by atoms with Gasteiger partial charge in [0.1, 0.15) is 54.4 Å². The zero-order valence-electron chi connectivity index (χ0n) is 56.0. The van der Waals surface area contributed by atoms with Crippen molar-refractivity contribution in [2.45, 2.75) is 203 Å². The van der Waals surface area contributed by atoms with Crippen molar-refractivity contribution in [3.63, 3.8) is 0 Å². The molecule has 0 aromatic heterocycles. The third-order valence-corrected chi connectivity index (χ3v) is 16.6. The minimum atomic E-state index is -1.74. The van der Waals surface area contributed by atoms with Crippen molar-refractivity contribution < 1.29 is 67.3 Å². The Balaban J connectivity index is 1.60. The molecule has 0 bridgehead atoms. The van der Waals surface area contributed by atoms with Gasteiger partial charge in [-0.25, -0.2) is 0 Å². The molecule has 2 aliphatic rings. The van der Waals surface area contributed by atoms with E-state index in [1.165, 1.54) is 21.9 Å². The summed E-state index contributed by atoms with van der Waals surface area (Å²) in [6, 6.07) is 0.192. The largest absolute Gasteiger partial charge is 0.370 e. The number of hydrogen-bond acceptors (Lipinski definition) is 18. The maximum atomic E-state index is 14.7. The van der Waals surface area contributed by atoms with Gasteiger partial charge in [0.2, 0.25) is 76.8 Å². The van der Waals surface area contributed by atoms with Gasteiger partial charge in [0, 0.05) is 57.5 Å². The Hall–Kier alpha value is -9.86. The van der Waals surface area contributed by atoms with Crippen LogP contribution in [0.5, 0.6) is 0 Å². The SMILES string of the molecule is CCCC[C@H](NC(=O)[C@H](CC(C)C)NC(=O)CNC(=O)[C@H](Cc1ccccc1)NC(=O)[C@H](Cc1ccc([N+](=O)[O-])cc1)NC(=O)[C@H](CCC(N)=O)NC(=O)[C@H](CCC(N)=O)NC(=O)[C@@H]1CCCN1C(=O)[C@H](CCCCN)NC(=O)[C@@H]1CCCN1C(=O)[C@@H](N)CCCN=C(N)N)C(N)=O. The molecule has 13 amide bonds. The van der Waals surface area contributed by atoms with E-state index in [9.17, 15) is 72.4 Å². The first-order valence-electron chi connectivity index (χ1n) is 33.2. The highest BCUT2D eigenvalue weighted by atomic mass is 16.6. The summed E-state index contributed by atoms with van der Waals surface area (Å²) in [6.45, 7) is 5.59. The van der Waals surface area contributed by atoms with E-state index in [0.29, 0.717) is 44.1 Å². The number of unbranched alkanes of at least 4 members (excludes halogenated alkanes) is 2. The number of primary amides is 3. The van der Waals surface area contributed by atoms with Crippen LogP contribution >= 0.6 is 0 Å². The second-order valence-electron chi connectivity index (χ2n) is 24.9. The van der Waals surface area contributed by atoms with Crippen LogP contribution in [-0.4, -0.2) is 191 Å². The molecule has 2 heterocycles. The van der Waals surface area contributed by atoms with Crippen LogP contribution < -0.4 is 82.7 Å². The van der Waals surface area contributed by atoms with E-state index in [2.05, 4.69) is 47.5 Å². The summed E-state index contributed by atoms with van der Waals surface area (Å²) >= 11 is 0. The predicted octanol–water partition coefficient (Wildman–Crippen LogP) is -3.37. The molecule has 2 aromatic carbocycles. The number of nitro benzene ring substituents is 1. The van der Waals surface area contributed by atoms with Gasteiger partial charge in [-0.15, -0.1) is 0 Å². The Kier molecular flexibility index (Phi) is 33.9. The van der Waals surface area contributed by atoms with Crippen molar-refractivity contribution in [3.8, 4) is 0 Å². The van der Waals surface area contributed by atoms with E-state index in [-0.39, 0.29) is 94.3 Å². The maximum absolute atomic E-state index is 14.7. The van der Waals surface area contributed by atoms with Crippen molar-refractivity contribution in [2.24, 2.45) is 51.0 Å². The van der Waals surface area contributed by atoms with Crippen LogP contribution in [0.15, 0.2) is 59.6 Å². The Bertz CT molecular complexity index is 3120. The molecule has 2 aliphatic heterocycles. The van der Waals surface area contributed by atoms with Gasteiger partial charge in [0.15, 0.2) is 5.96 Å². The lowest BCUT2D eigenvalue weighted by molar-refractivity contribution is -0.384. The Morgan fingerprint density at radius 2 is 1.05 bits per heavy atom. The van der Waals surface area contributed by atoms with Gasteiger partial charge < -0.3 is 92.5 Å². The minimum Gasteiger partial charge on any atom is -0.370 e. The molecular formula is C64H99N19O15. The average molecular weight is 1370 g/mol. The molecule has 2 fully saturated rings. The topological polar surface area (TPSA) is 562 Å². The molecule has 0 aliphatic carbocycles. The highest BCUT2D eigenvalue weighted by Gasteiger charge is 2.42. The van der Waals surface area contributed by atoms with Gasteiger partial charge in [0.05, 0.1) is 17.5 Å². The van der Waals surface area contributed by atoms with Crippen LogP contribution in [0, 0.1) is 16.0 Å². The first kappa shape index (κ1) is 80.6. The average Bonchev–Trinajstić information content (AvgIpc) is 1.62. The van der Waals surface area contributed by atoms with E-state index in [1.807, 2.05) is 6.92 Å². The molecule has 2 saturated heterocycles. The number of likely N-dealkylation sites (tertiary alicyclic amines) is 2. The van der Waals surface area contributed by atoms with E-state index in [1.54, 1.807) is 44.2 Å². The molecule has 10 atom stereocenters. The van der Waals surface area contributed by atoms with Gasteiger partial charge in [-0.1, -0.05) is 76.1 Å². The summed E-state index contributed by atoms with van der Waals surface area (Å²) in [5.74, 6) is -11.0. The highest BCUT2D eigenvalue weighted by Crippen LogP contribution is 2.24. The summed E-state index contributed by atoms with van der Waals surface area (Å²) in [7, 11) is 0. The molecule has 0 spiro atoms. The second kappa shape index (κ2) is 41.3. The monoisotopic (exact) mass is 1370 g/mol. The molecule has 0 unspecified atom stereocenters. The van der Waals surface area contributed by atoms with E-state index in [0.717, 1.165) is 18.6 Å². The summed E-state index contributed by atoms with van der Waals surface area (Å²) in [5, 5.41) is 32.4. The predicted molar refractivity (Wildman–Crippen MR) is 359 cm³/mol. The van der Waals surface area contributed by atoms with Crippen molar-refractivity contribution in [1.29, 1.82) is 0 Å². The fraction of sp³-hybridized carbons (Fsp3) is 0.594. The lowest BCUT2D eigenvalue weighted by Crippen LogP contribution is -2.60. The fourth-order valence-corrected chi connectivity index (χ4v) is 11.3. The molecule has 34 nitrogen and oxygen atoms in total. The minimum absolute atomic E-state index is 0.0432. The molecule has 22 N–H and O–H groups in total. The van der Waals surface area contributed by atoms with Crippen LogP contribution in [0.1, 0.15) is 141 Å². The molecule has 540 valence electrons. The van der Waals surface area contributed by atoms with Gasteiger partial charge in [-0.05, 0) is 107 Å². The van der Waals surface area contributed by atoms with Gasteiger partial charge in [-0.2, -0.15) is 0 Å². The zero-order valence-corrected chi connectivity index (χ0v) is 56.0. The molecular weight excluding hydrogens is 1270 g/mol. The first-order chi connectivity index (χ1) is 46.5. The number of amides is 13. The third kappa shape index (κ3) is 27.3. The maximum Gasteiger partial charge on any atom is 0.269 e. The van der Waals surface area contributed by atoms with Crippen LogP contribution in [0.4, 0.5) is 5.69 Å². The number of rotatable bonds is 43. The van der Waals surface area contributed by atoms with Gasteiger partial charge >= 0.3 is 0 Å². The molecule has 0 radical (unpaired) electrons. The second-order valence-corrected chi connectivity index (χ2v) is 24.9. The lowest BCUT2D eigenvalue weighted by atomic mass is 10.0. The molecule has 0 saturated carbocycles. The van der Waals surface area contributed by atoms with Crippen molar-refractivity contribution in [2.75, 3.05) is 32.7 Å². The molecule has 4 rings (SSSR count). The first-order valence-corrected chi connectivity index (χ1v) is 33.2. The number of nitro groups is 1. The quantitative estimate of drug-likeness (QED) is 0.0101. The van der Waals surface area contributed by atoms with Crippen LogP contribution in [-0.2, 0) is 75.2 Å². The number of carbonyl (C=O) groups excluding carboxylic acids is 13. The number of non-ortho nitro benzene ring substituents is 1.